The Morgan fingerprint density at radius 2 is 1.04 bits per heavy atom. The van der Waals surface area contributed by atoms with E-state index in [4.69, 9.17) is 0 Å². The van der Waals surface area contributed by atoms with Crippen LogP contribution in [0, 0.1) is 34.6 Å². The molecular formula is C10H12I12NV3-3. The fraction of sp³-hybridized carbons (Fsp3) is 0.200. The summed E-state index contributed by atoms with van der Waals surface area (Å²) >= 11 is 30.1. The quantitative estimate of drug-likeness (QED) is 0.186. The first-order valence-electron chi connectivity index (χ1n) is 5.54. The van der Waals surface area contributed by atoms with Gasteiger partial charge in [-0.2, -0.15) is 11.3 Å². The topological polar surface area (TPSA) is 12.9 Å². The summed E-state index contributed by atoms with van der Waals surface area (Å²) in [5.74, 6) is 0. The molecule has 0 aliphatic rings. The van der Waals surface area contributed by atoms with Gasteiger partial charge in [0.25, 0.3) is 0 Å². The average molecular weight is 1820 g/mol. The molecule has 16 heteroatoms. The summed E-state index contributed by atoms with van der Waals surface area (Å²) in [5, 5.41) is 0. The number of hydrogen-bond acceptors (Lipinski definition) is 1. The van der Waals surface area contributed by atoms with Gasteiger partial charge < -0.3 is 4.98 Å². The summed E-state index contributed by atoms with van der Waals surface area (Å²) in [4.78, 5) is 3.94. The van der Waals surface area contributed by atoms with Gasteiger partial charge in [0.05, 0.1) is 0 Å². The SMILES string of the molecule is [CH2-]c1nc(C)c(C)c([CH2-])c1[CH2-].[I][V]([I])([I])([I])[I].[I][V]([I])([I])[I].[I][V]([I])[I]. The normalized spacial score (nSPS) is 12.3. The third-order valence-corrected chi connectivity index (χ3v) is 2.01. The second kappa shape index (κ2) is 19.4. The molecule has 0 aliphatic carbocycles. The molecule has 0 fully saturated rings. The van der Waals surface area contributed by atoms with Gasteiger partial charge in [0.2, 0.25) is 0 Å². The van der Waals surface area contributed by atoms with Crippen LogP contribution in [0.25, 0.3) is 0 Å². The van der Waals surface area contributed by atoms with E-state index in [2.05, 4.69) is 266 Å². The minimum absolute atomic E-state index is 0.278. The van der Waals surface area contributed by atoms with Crippen LogP contribution in [0.5, 0.6) is 0 Å². The Bertz CT molecular complexity index is 501. The van der Waals surface area contributed by atoms with Gasteiger partial charge in [-0.25, -0.2) is 0 Å². The second-order valence-corrected chi connectivity index (χ2v) is 228. The molecule has 1 aromatic rings. The van der Waals surface area contributed by atoms with E-state index in [1.54, 1.807) is 0 Å². The van der Waals surface area contributed by atoms with Gasteiger partial charge in [0.15, 0.2) is 0 Å². The van der Waals surface area contributed by atoms with E-state index in [0.717, 1.165) is 28.1 Å². The van der Waals surface area contributed by atoms with Crippen LogP contribution in [0.1, 0.15) is 28.1 Å². The van der Waals surface area contributed by atoms with E-state index in [9.17, 15) is 0 Å². The van der Waals surface area contributed by atoms with Crippen molar-refractivity contribution in [2.45, 2.75) is 13.8 Å². The van der Waals surface area contributed by atoms with Gasteiger partial charge in [-0.15, -0.1) is 0 Å². The zero-order valence-electron chi connectivity index (χ0n) is 12.9. The number of rotatable bonds is 0. The fourth-order valence-corrected chi connectivity index (χ4v) is 0.973. The first-order chi connectivity index (χ1) is 11.0. The number of aromatic nitrogens is 1. The molecule has 0 saturated heterocycles. The van der Waals surface area contributed by atoms with Crippen molar-refractivity contribution in [1.29, 1.82) is 0 Å². The van der Waals surface area contributed by atoms with Crippen LogP contribution in [-0.4, -0.2) is 4.98 Å². The molecule has 0 spiro atoms. The third kappa shape index (κ3) is 40.4. The van der Waals surface area contributed by atoms with E-state index in [-0.39, 0.29) is 4.92 Å². The van der Waals surface area contributed by atoms with Crippen molar-refractivity contribution in [3.8, 4) is 0 Å². The molecular weight excluding hydrogens is 1810 g/mol. The van der Waals surface area contributed by atoms with Crippen molar-refractivity contribution in [3.63, 3.8) is 0 Å². The van der Waals surface area contributed by atoms with Crippen LogP contribution in [0.15, 0.2) is 0 Å². The van der Waals surface area contributed by atoms with Crippen molar-refractivity contribution >= 4 is 240 Å². The van der Waals surface area contributed by atoms with Crippen molar-refractivity contribution in [3.05, 3.63) is 48.8 Å². The van der Waals surface area contributed by atoms with Crippen molar-refractivity contribution in [2.24, 2.45) is 0 Å². The zero-order chi connectivity index (χ0) is 22.1. The summed E-state index contributed by atoms with van der Waals surface area (Å²) in [6, 6.07) is 0. The number of nitrogens with zero attached hydrogens (tertiary/aromatic N) is 1. The molecule has 1 rings (SSSR count). The number of hydrogen-bond donors (Lipinski definition) is 0. The molecule has 0 bridgehead atoms. The van der Waals surface area contributed by atoms with Crippen molar-refractivity contribution in [2.75, 3.05) is 0 Å². The molecule has 0 amide bonds. The van der Waals surface area contributed by atoms with E-state index >= 15 is 0 Å². The van der Waals surface area contributed by atoms with E-state index in [1.807, 2.05) is 13.8 Å². The fourth-order valence-electron chi connectivity index (χ4n) is 0.973. The Morgan fingerprint density at radius 3 is 1.27 bits per heavy atom. The number of pyridine rings is 1. The molecule has 159 valence electrons. The molecule has 0 N–H and O–H groups in total. The molecule has 0 aliphatic heterocycles. The van der Waals surface area contributed by atoms with Crippen LogP contribution in [-0.2, 0) is 1.13 Å². The first kappa shape index (κ1) is 39.8. The van der Waals surface area contributed by atoms with Gasteiger partial charge in [-0.05, 0) is 12.6 Å². The molecule has 1 heterocycles. The number of halogens is 12. The van der Waals surface area contributed by atoms with E-state index in [1.165, 1.54) is 0 Å². The molecule has 0 unspecified atom stereocenters. The molecule has 0 atom stereocenters. The van der Waals surface area contributed by atoms with Gasteiger partial charge in [0, 0.05) is 0 Å². The summed E-state index contributed by atoms with van der Waals surface area (Å²) < 4.78 is -2.63. The van der Waals surface area contributed by atoms with Crippen LogP contribution < -0.4 is 0 Å². The van der Waals surface area contributed by atoms with Gasteiger partial charge in [0.1, 0.15) is 0 Å². The predicted molar refractivity (Wildman–Crippen MR) is 215 cm³/mol. The minimum atomic E-state index is -1.64. The average Bonchev–Trinajstić information content (AvgIpc) is 2.28. The van der Waals surface area contributed by atoms with E-state index < -0.39 is -3.79 Å². The van der Waals surface area contributed by atoms with Gasteiger partial charge >= 0.3 is 241 Å². The van der Waals surface area contributed by atoms with Gasteiger partial charge in [-0.1, -0.05) is 6.92 Å². The summed E-state index contributed by atoms with van der Waals surface area (Å²) in [6.45, 7) is 15.5. The number of aryl methyl sites for hydroxylation is 1. The Morgan fingerprint density at radius 1 is 0.808 bits per heavy atom. The summed E-state index contributed by atoms with van der Waals surface area (Å²) in [5.41, 5.74) is 4.66. The Kier molecular flexibility index (Phi) is 29.6. The molecule has 0 saturated carbocycles. The molecule has 0 aromatic carbocycles. The van der Waals surface area contributed by atoms with Gasteiger partial charge in [-0.3, -0.25) is 31.9 Å². The Hall–Kier alpha value is 9.27. The Labute approximate surface area is 298 Å². The van der Waals surface area contributed by atoms with Crippen molar-refractivity contribution < 1.29 is 1.13 Å². The van der Waals surface area contributed by atoms with E-state index in [0.29, 0.717) is 0 Å². The second-order valence-electron chi connectivity index (χ2n) is 3.94. The maximum atomic E-state index is 4.22. The summed E-state index contributed by atoms with van der Waals surface area (Å²) in [6.07, 6.45) is 0. The van der Waals surface area contributed by atoms with Crippen LogP contribution >= 0.6 is 240 Å². The molecule has 26 heavy (non-hydrogen) atoms. The predicted octanol–water partition coefficient (Wildman–Crippen LogP) is 12.9. The first-order valence-corrected chi connectivity index (χ1v) is 59.6. The van der Waals surface area contributed by atoms with Crippen LogP contribution in [0.3, 0.4) is 0 Å². The third-order valence-electron chi connectivity index (χ3n) is 2.01. The maximum absolute atomic E-state index is 4.22. The molecule has 1 nitrogen and oxygen atoms in total. The van der Waals surface area contributed by atoms with Crippen molar-refractivity contribution in [1.82, 2.24) is 4.98 Å². The molecule has 0 radical (unpaired) electrons. The zero-order valence-corrected chi connectivity index (χ0v) is 43.0. The molecule has 1 aromatic heterocycles. The van der Waals surface area contributed by atoms with Crippen LogP contribution in [0.2, 0.25) is 0 Å². The monoisotopic (exact) mass is 1820 g/mol. The standard InChI is InChI=1S/C10H12N.12HI.3V/c1-6-7(2)9(4)11-10(5)8(6)3;;;;;;;;;;;;;;;/h1-2,4H2,3,5H3;12*1H;;;/q-3;;;;;;;;;;;;;+3;+4;+5/p-12. The summed E-state index contributed by atoms with van der Waals surface area (Å²) in [7, 11) is 0. The Balaban J connectivity index is -0.000000301. The van der Waals surface area contributed by atoms with Crippen LogP contribution in [0.4, 0.5) is 0 Å².